The van der Waals surface area contributed by atoms with E-state index in [1.807, 2.05) is 6.92 Å². The zero-order chi connectivity index (χ0) is 23.4. The highest BCUT2D eigenvalue weighted by Crippen LogP contribution is 2.38. The van der Waals surface area contributed by atoms with Crippen molar-refractivity contribution in [1.82, 2.24) is 4.90 Å². The second-order valence-electron chi connectivity index (χ2n) is 8.79. The first-order valence-corrected chi connectivity index (χ1v) is 11.7. The minimum atomic E-state index is -0.928. The fourth-order valence-electron chi connectivity index (χ4n) is 4.85. The summed E-state index contributed by atoms with van der Waals surface area (Å²) >= 11 is 0. The van der Waals surface area contributed by atoms with Crippen LogP contribution in [-0.2, 0) is 28.9 Å². The third-order valence-corrected chi connectivity index (χ3v) is 6.52. The fraction of sp³-hybridized carbons (Fsp3) is 0.462. The van der Waals surface area contributed by atoms with Crippen LogP contribution < -0.4 is 4.74 Å². The molecule has 2 aromatic rings. The Labute approximate surface area is 193 Å². The number of aliphatic carboxylic acids is 1. The van der Waals surface area contributed by atoms with Gasteiger partial charge in [-0.3, -0.25) is 4.79 Å². The number of carboxylic acids is 1. The second-order valence-corrected chi connectivity index (χ2v) is 8.79. The van der Waals surface area contributed by atoms with E-state index in [-0.39, 0.29) is 24.9 Å². The van der Waals surface area contributed by atoms with E-state index in [4.69, 9.17) is 9.47 Å². The van der Waals surface area contributed by atoms with Gasteiger partial charge >= 0.3 is 12.1 Å². The number of benzene rings is 2. The van der Waals surface area contributed by atoms with E-state index in [9.17, 15) is 19.1 Å². The summed E-state index contributed by atoms with van der Waals surface area (Å²) < 4.78 is 26.1. The highest BCUT2D eigenvalue weighted by atomic mass is 19.1. The maximum Gasteiger partial charge on any atom is 0.410 e. The molecular weight excluding hydrogens is 425 g/mol. The van der Waals surface area contributed by atoms with Crippen molar-refractivity contribution >= 4 is 12.1 Å². The Morgan fingerprint density at radius 3 is 2.64 bits per heavy atom. The molecule has 1 saturated carbocycles. The van der Waals surface area contributed by atoms with Crippen LogP contribution in [0.4, 0.5) is 9.18 Å². The maximum atomic E-state index is 14.7. The van der Waals surface area contributed by atoms with Gasteiger partial charge in [0.25, 0.3) is 0 Å². The predicted molar refractivity (Wildman–Crippen MR) is 122 cm³/mol. The number of ether oxygens (including phenoxy) is 2. The number of amides is 1. The molecule has 1 amide bonds. The van der Waals surface area contributed by atoms with Gasteiger partial charge in [-0.05, 0) is 72.6 Å². The Kier molecular flexibility index (Phi) is 7.16. The molecule has 0 spiro atoms. The highest BCUT2D eigenvalue weighted by molar-refractivity contribution is 5.78. The first kappa shape index (κ1) is 23.1. The van der Waals surface area contributed by atoms with Crippen molar-refractivity contribution in [2.24, 2.45) is 5.92 Å². The van der Waals surface area contributed by atoms with Crippen LogP contribution in [0.25, 0.3) is 11.1 Å². The van der Waals surface area contributed by atoms with Crippen LogP contribution >= 0.6 is 0 Å². The molecule has 0 unspecified atom stereocenters. The van der Waals surface area contributed by atoms with E-state index in [2.05, 4.69) is 0 Å². The molecule has 33 heavy (non-hydrogen) atoms. The summed E-state index contributed by atoms with van der Waals surface area (Å²) in [4.78, 5) is 25.6. The molecule has 4 rings (SSSR count). The number of hydrogen-bond donors (Lipinski definition) is 1. The lowest BCUT2D eigenvalue weighted by Crippen LogP contribution is -2.37. The molecule has 2 aliphatic rings. The van der Waals surface area contributed by atoms with Gasteiger partial charge in [0.1, 0.15) is 11.6 Å². The van der Waals surface area contributed by atoms with Gasteiger partial charge in [0.15, 0.2) is 0 Å². The van der Waals surface area contributed by atoms with Crippen molar-refractivity contribution in [3.8, 4) is 16.9 Å². The molecule has 0 bridgehead atoms. The fourth-order valence-corrected chi connectivity index (χ4v) is 4.85. The van der Waals surface area contributed by atoms with Crippen LogP contribution in [0.2, 0.25) is 0 Å². The number of nitrogens with zero attached hydrogens (tertiary/aromatic N) is 1. The van der Waals surface area contributed by atoms with Crippen molar-refractivity contribution < 1.29 is 28.6 Å². The monoisotopic (exact) mass is 455 g/mol. The molecule has 0 radical (unpaired) electrons. The molecule has 1 aliphatic heterocycles. The SMILES string of the molecule is CCOc1ccc(CC(=O)O)cc1-c1ccc(F)c2c1CN(C(=O)OCC1CCCC1)CC2. The van der Waals surface area contributed by atoms with Gasteiger partial charge in [0.05, 0.1) is 19.6 Å². The van der Waals surface area contributed by atoms with Crippen LogP contribution in [0, 0.1) is 11.7 Å². The average Bonchev–Trinajstić information content (AvgIpc) is 3.32. The molecule has 2 aromatic carbocycles. The van der Waals surface area contributed by atoms with Crippen LogP contribution in [0.1, 0.15) is 49.3 Å². The zero-order valence-corrected chi connectivity index (χ0v) is 18.9. The molecule has 1 N–H and O–H groups in total. The van der Waals surface area contributed by atoms with Gasteiger partial charge in [0, 0.05) is 18.7 Å². The Hall–Kier alpha value is -3.09. The molecule has 6 nitrogen and oxygen atoms in total. The minimum absolute atomic E-state index is 0.123. The standard InChI is InChI=1S/C26H30FNO5/c1-2-32-24-10-7-18(14-25(29)30)13-21(24)19-8-9-23(27)20-11-12-28(15-22(19)20)26(31)33-16-17-5-3-4-6-17/h7-10,13,17H,2-6,11-12,14-16H2,1H3,(H,29,30). The largest absolute Gasteiger partial charge is 0.493 e. The van der Waals surface area contributed by atoms with Crippen LogP contribution in [0.5, 0.6) is 5.75 Å². The van der Waals surface area contributed by atoms with Gasteiger partial charge in [-0.25, -0.2) is 9.18 Å². The predicted octanol–water partition coefficient (Wildman–Crippen LogP) is 5.20. The van der Waals surface area contributed by atoms with Gasteiger partial charge in [-0.2, -0.15) is 0 Å². The number of fused-ring (bicyclic) bond motifs is 1. The third kappa shape index (κ3) is 5.29. The molecule has 1 aliphatic carbocycles. The van der Waals surface area contributed by atoms with E-state index in [1.165, 1.54) is 18.9 Å². The summed E-state index contributed by atoms with van der Waals surface area (Å²) in [5, 5.41) is 9.22. The van der Waals surface area contributed by atoms with Gasteiger partial charge in [-0.1, -0.05) is 25.0 Å². The number of carbonyl (C=O) groups is 2. The van der Waals surface area contributed by atoms with E-state index in [0.717, 1.165) is 18.4 Å². The van der Waals surface area contributed by atoms with Crippen LogP contribution in [0.15, 0.2) is 30.3 Å². The molecule has 0 atom stereocenters. The van der Waals surface area contributed by atoms with Crippen molar-refractivity contribution in [3.05, 3.63) is 52.8 Å². The number of hydrogen-bond acceptors (Lipinski definition) is 4. The Bertz CT molecular complexity index is 1030. The van der Waals surface area contributed by atoms with E-state index < -0.39 is 5.97 Å². The zero-order valence-electron chi connectivity index (χ0n) is 18.9. The maximum absolute atomic E-state index is 14.7. The lowest BCUT2D eigenvalue weighted by atomic mass is 9.89. The minimum Gasteiger partial charge on any atom is -0.493 e. The summed E-state index contributed by atoms with van der Waals surface area (Å²) in [6, 6.07) is 8.38. The molecule has 1 fully saturated rings. The first-order valence-electron chi connectivity index (χ1n) is 11.7. The molecule has 1 heterocycles. The highest BCUT2D eigenvalue weighted by Gasteiger charge is 2.28. The molecule has 0 aromatic heterocycles. The van der Waals surface area contributed by atoms with Gasteiger partial charge < -0.3 is 19.5 Å². The van der Waals surface area contributed by atoms with Crippen LogP contribution in [0.3, 0.4) is 0 Å². The summed E-state index contributed by atoms with van der Waals surface area (Å²) in [6.07, 6.45) is 4.47. The van der Waals surface area contributed by atoms with Crippen molar-refractivity contribution in [2.45, 2.75) is 52.0 Å². The Morgan fingerprint density at radius 1 is 1.12 bits per heavy atom. The molecule has 0 saturated heterocycles. The third-order valence-electron chi connectivity index (χ3n) is 6.52. The second kappa shape index (κ2) is 10.2. The molecule has 176 valence electrons. The number of rotatable bonds is 7. The topological polar surface area (TPSA) is 76.1 Å². The molecular formula is C26H30FNO5. The number of halogens is 1. The summed E-state index contributed by atoms with van der Waals surface area (Å²) in [6.45, 7) is 3.38. The Balaban J connectivity index is 1.64. The lowest BCUT2D eigenvalue weighted by molar-refractivity contribution is -0.136. The van der Waals surface area contributed by atoms with Crippen molar-refractivity contribution in [1.29, 1.82) is 0 Å². The first-order chi connectivity index (χ1) is 16.0. The van der Waals surface area contributed by atoms with Gasteiger partial charge in [0.2, 0.25) is 0 Å². The normalized spacial score (nSPS) is 15.9. The number of carboxylic acid groups (broad SMARTS) is 1. The van der Waals surface area contributed by atoms with E-state index >= 15 is 0 Å². The quantitative estimate of drug-likeness (QED) is 0.621. The van der Waals surface area contributed by atoms with E-state index in [0.29, 0.717) is 60.1 Å². The van der Waals surface area contributed by atoms with Crippen LogP contribution in [-0.4, -0.2) is 41.8 Å². The smallest absolute Gasteiger partial charge is 0.410 e. The summed E-state index contributed by atoms with van der Waals surface area (Å²) in [5.74, 6) is -0.194. The summed E-state index contributed by atoms with van der Waals surface area (Å²) in [5.41, 5.74) is 3.37. The molecule has 7 heteroatoms. The van der Waals surface area contributed by atoms with Crippen molar-refractivity contribution in [2.75, 3.05) is 19.8 Å². The van der Waals surface area contributed by atoms with Gasteiger partial charge in [-0.15, -0.1) is 0 Å². The van der Waals surface area contributed by atoms with E-state index in [1.54, 1.807) is 29.2 Å². The Morgan fingerprint density at radius 2 is 1.91 bits per heavy atom. The average molecular weight is 456 g/mol. The van der Waals surface area contributed by atoms with Crippen molar-refractivity contribution in [3.63, 3.8) is 0 Å². The lowest BCUT2D eigenvalue weighted by Gasteiger charge is -2.30. The number of carbonyl (C=O) groups excluding carboxylic acids is 1. The summed E-state index contributed by atoms with van der Waals surface area (Å²) in [7, 11) is 0.